The fourth-order valence-electron chi connectivity index (χ4n) is 3.64. The fourth-order valence-corrected chi connectivity index (χ4v) is 4.82. The molecule has 4 nitrogen and oxygen atoms in total. The van der Waals surface area contributed by atoms with Crippen molar-refractivity contribution in [3.63, 3.8) is 0 Å². The summed E-state index contributed by atoms with van der Waals surface area (Å²) in [6.07, 6.45) is 2.81. The minimum atomic E-state index is 0.0652. The molecular weight excluding hydrogens is 366 g/mol. The van der Waals surface area contributed by atoms with Gasteiger partial charge >= 0.3 is 0 Å². The van der Waals surface area contributed by atoms with Gasteiger partial charge in [0.25, 0.3) is 5.56 Å². The summed E-state index contributed by atoms with van der Waals surface area (Å²) in [6, 6.07) is 9.84. The average molecular weight is 388 g/mol. The first-order chi connectivity index (χ1) is 12.6. The lowest BCUT2D eigenvalue weighted by Crippen LogP contribution is -2.36. The summed E-state index contributed by atoms with van der Waals surface area (Å²) in [7, 11) is 2.13. The van der Waals surface area contributed by atoms with Gasteiger partial charge in [-0.2, -0.15) is 0 Å². The number of hydrogen-bond donors (Lipinski definition) is 0. The van der Waals surface area contributed by atoms with Crippen molar-refractivity contribution >= 4 is 33.2 Å². The van der Waals surface area contributed by atoms with Crippen LogP contribution < -0.4 is 5.56 Å². The highest BCUT2D eigenvalue weighted by atomic mass is 35.5. The maximum absolute atomic E-state index is 13.4. The number of thiophene rings is 1. The van der Waals surface area contributed by atoms with Gasteiger partial charge in [-0.25, -0.2) is 4.98 Å². The quantitative estimate of drug-likeness (QED) is 0.658. The van der Waals surface area contributed by atoms with Gasteiger partial charge in [-0.1, -0.05) is 30.7 Å². The maximum Gasteiger partial charge on any atom is 0.262 e. The molecule has 0 aliphatic carbocycles. The van der Waals surface area contributed by atoms with E-state index < -0.39 is 0 Å². The largest absolute Gasteiger partial charge is 0.306 e. The molecule has 0 saturated carbocycles. The van der Waals surface area contributed by atoms with Gasteiger partial charge in [0.1, 0.15) is 10.7 Å². The number of likely N-dealkylation sites (tertiary alicyclic amines) is 1. The summed E-state index contributed by atoms with van der Waals surface area (Å²) in [5.74, 6) is 0.701. The van der Waals surface area contributed by atoms with Crippen LogP contribution in [0.3, 0.4) is 0 Å². The van der Waals surface area contributed by atoms with Crippen LogP contribution in [0.15, 0.2) is 35.1 Å². The van der Waals surface area contributed by atoms with E-state index in [2.05, 4.69) is 18.9 Å². The van der Waals surface area contributed by atoms with Crippen molar-refractivity contribution in [1.29, 1.82) is 0 Å². The molecule has 26 heavy (non-hydrogen) atoms. The maximum atomic E-state index is 13.4. The molecule has 0 atom stereocenters. The van der Waals surface area contributed by atoms with Crippen molar-refractivity contribution in [2.75, 3.05) is 20.1 Å². The topological polar surface area (TPSA) is 38.1 Å². The van der Waals surface area contributed by atoms with E-state index in [1.54, 1.807) is 11.3 Å². The molecular formula is C20H22ClN3OS. The smallest absolute Gasteiger partial charge is 0.262 e. The fraction of sp³-hybridized carbons (Fsp3) is 0.400. The lowest BCUT2D eigenvalue weighted by molar-refractivity contribution is 0.219. The van der Waals surface area contributed by atoms with Crippen LogP contribution >= 0.6 is 22.9 Å². The zero-order valence-corrected chi connectivity index (χ0v) is 16.6. The van der Waals surface area contributed by atoms with E-state index in [1.165, 1.54) is 4.88 Å². The van der Waals surface area contributed by atoms with Crippen LogP contribution in [-0.4, -0.2) is 34.6 Å². The second-order valence-corrected chi connectivity index (χ2v) is 8.43. The van der Waals surface area contributed by atoms with Crippen LogP contribution in [0.4, 0.5) is 0 Å². The SMILES string of the molecule is CCc1cc2c(=O)n(C3CCN(C)CC3)c(-c3ccccc3Cl)nc2s1. The molecule has 1 aromatic carbocycles. The van der Waals surface area contributed by atoms with Gasteiger partial charge in [-0.3, -0.25) is 9.36 Å². The molecule has 1 saturated heterocycles. The number of rotatable bonds is 3. The average Bonchev–Trinajstić information content (AvgIpc) is 3.07. The molecule has 1 aliphatic heterocycles. The van der Waals surface area contributed by atoms with Crippen molar-refractivity contribution in [3.8, 4) is 11.4 Å². The summed E-state index contributed by atoms with van der Waals surface area (Å²) >= 11 is 8.07. The third kappa shape index (κ3) is 3.08. The van der Waals surface area contributed by atoms with E-state index in [9.17, 15) is 4.79 Å². The first kappa shape index (κ1) is 17.7. The van der Waals surface area contributed by atoms with E-state index >= 15 is 0 Å². The highest BCUT2D eigenvalue weighted by molar-refractivity contribution is 7.18. The van der Waals surface area contributed by atoms with Crippen LogP contribution in [-0.2, 0) is 6.42 Å². The Morgan fingerprint density at radius 3 is 2.69 bits per heavy atom. The highest BCUT2D eigenvalue weighted by Crippen LogP contribution is 2.33. The van der Waals surface area contributed by atoms with Crippen LogP contribution in [0.5, 0.6) is 0 Å². The van der Waals surface area contributed by atoms with E-state index in [1.807, 2.05) is 34.9 Å². The zero-order valence-electron chi connectivity index (χ0n) is 15.0. The molecule has 0 N–H and O–H groups in total. The molecule has 6 heteroatoms. The van der Waals surface area contributed by atoms with Gasteiger partial charge < -0.3 is 4.90 Å². The molecule has 0 unspecified atom stereocenters. The van der Waals surface area contributed by atoms with Crippen LogP contribution in [0.25, 0.3) is 21.6 Å². The Morgan fingerprint density at radius 1 is 1.27 bits per heavy atom. The molecule has 0 radical (unpaired) electrons. The summed E-state index contributed by atoms with van der Waals surface area (Å²) in [6.45, 7) is 4.08. The molecule has 0 amide bonds. The Bertz CT molecular complexity index is 1000. The number of benzene rings is 1. The monoisotopic (exact) mass is 387 g/mol. The predicted octanol–water partition coefficient (Wildman–Crippen LogP) is 4.61. The van der Waals surface area contributed by atoms with Crippen LogP contribution in [0.1, 0.15) is 30.7 Å². The lowest BCUT2D eigenvalue weighted by Gasteiger charge is -2.31. The standard InChI is InChI=1S/C20H22ClN3OS/c1-3-14-12-16-19(26-14)22-18(15-6-4-5-7-17(15)21)24(20(16)25)13-8-10-23(2)11-9-13/h4-7,12-13H,3,8-11H2,1-2H3. The van der Waals surface area contributed by atoms with Gasteiger partial charge in [0.15, 0.2) is 0 Å². The zero-order chi connectivity index (χ0) is 18.3. The van der Waals surface area contributed by atoms with Crippen molar-refractivity contribution in [2.24, 2.45) is 0 Å². The van der Waals surface area contributed by atoms with Gasteiger partial charge in [0.05, 0.1) is 10.4 Å². The van der Waals surface area contributed by atoms with E-state index in [0.717, 1.165) is 48.1 Å². The minimum absolute atomic E-state index is 0.0652. The van der Waals surface area contributed by atoms with Gasteiger partial charge in [0.2, 0.25) is 0 Å². The predicted molar refractivity (Wildman–Crippen MR) is 109 cm³/mol. The molecule has 136 valence electrons. The van der Waals surface area contributed by atoms with Crippen LogP contribution in [0.2, 0.25) is 5.02 Å². The number of nitrogens with zero attached hydrogens (tertiary/aromatic N) is 3. The highest BCUT2D eigenvalue weighted by Gasteiger charge is 2.25. The second-order valence-electron chi connectivity index (χ2n) is 6.91. The number of hydrogen-bond acceptors (Lipinski definition) is 4. The van der Waals surface area contributed by atoms with E-state index in [-0.39, 0.29) is 11.6 Å². The number of halogens is 1. The lowest BCUT2D eigenvalue weighted by atomic mass is 10.0. The number of aryl methyl sites for hydroxylation is 1. The Hall–Kier alpha value is -1.69. The number of aromatic nitrogens is 2. The van der Waals surface area contributed by atoms with Crippen LogP contribution in [0, 0.1) is 0 Å². The first-order valence-corrected chi connectivity index (χ1v) is 10.3. The Balaban J connectivity index is 1.97. The number of piperidine rings is 1. The van der Waals surface area contributed by atoms with E-state index in [0.29, 0.717) is 10.8 Å². The molecule has 0 spiro atoms. The Labute approximate surface area is 162 Å². The minimum Gasteiger partial charge on any atom is -0.306 e. The summed E-state index contributed by atoms with van der Waals surface area (Å²) < 4.78 is 1.91. The molecule has 1 aliphatic rings. The van der Waals surface area contributed by atoms with E-state index in [4.69, 9.17) is 16.6 Å². The number of fused-ring (bicyclic) bond motifs is 1. The second kappa shape index (κ2) is 7.14. The normalized spacial score (nSPS) is 16.4. The van der Waals surface area contributed by atoms with Gasteiger partial charge in [0, 0.05) is 16.5 Å². The third-order valence-corrected chi connectivity index (χ3v) is 6.67. The third-order valence-electron chi connectivity index (χ3n) is 5.16. The Morgan fingerprint density at radius 2 is 2.00 bits per heavy atom. The van der Waals surface area contributed by atoms with Crippen molar-refractivity contribution < 1.29 is 0 Å². The Kier molecular flexibility index (Phi) is 4.86. The molecule has 2 aromatic heterocycles. The summed E-state index contributed by atoms with van der Waals surface area (Å²) in [5, 5.41) is 1.37. The molecule has 1 fully saturated rings. The molecule has 3 heterocycles. The molecule has 4 rings (SSSR count). The molecule has 3 aromatic rings. The summed E-state index contributed by atoms with van der Waals surface area (Å²) in [4.78, 5) is 22.6. The van der Waals surface area contributed by atoms with Crippen molar-refractivity contribution in [2.45, 2.75) is 32.2 Å². The van der Waals surface area contributed by atoms with Crippen molar-refractivity contribution in [1.82, 2.24) is 14.5 Å². The van der Waals surface area contributed by atoms with Gasteiger partial charge in [-0.15, -0.1) is 11.3 Å². The molecule has 0 bridgehead atoms. The first-order valence-electron chi connectivity index (χ1n) is 9.07. The summed E-state index contributed by atoms with van der Waals surface area (Å²) in [5.41, 5.74) is 0.897. The van der Waals surface area contributed by atoms with Gasteiger partial charge in [-0.05, 0) is 57.6 Å². The van der Waals surface area contributed by atoms with Crippen molar-refractivity contribution in [3.05, 3.63) is 50.6 Å².